The van der Waals surface area contributed by atoms with Crippen LogP contribution in [0.25, 0.3) is 99.1 Å². The fourth-order valence-electron chi connectivity index (χ4n) is 8.40. The number of hydrogen-bond donors (Lipinski definition) is 0. The zero-order valence-corrected chi connectivity index (χ0v) is 28.6. The van der Waals surface area contributed by atoms with Gasteiger partial charge >= 0.3 is 0 Å². The molecule has 0 aliphatic heterocycles. The van der Waals surface area contributed by atoms with Crippen molar-refractivity contribution < 1.29 is 0 Å². The molecule has 10 aromatic carbocycles. The van der Waals surface area contributed by atoms with Crippen LogP contribution in [0.15, 0.2) is 206 Å². The fraction of sp³-hybridized carbons (Fsp3) is 0. The zero-order chi connectivity index (χ0) is 34.4. The maximum absolute atomic E-state index is 2.44. The van der Waals surface area contributed by atoms with Gasteiger partial charge in [0.25, 0.3) is 0 Å². The summed E-state index contributed by atoms with van der Waals surface area (Å²) in [7, 11) is 0. The predicted molar refractivity (Wildman–Crippen MR) is 223 cm³/mol. The smallest absolute Gasteiger partial charge is 0.00134 e. The molecule has 0 spiro atoms. The lowest BCUT2D eigenvalue weighted by Gasteiger charge is -2.29. The minimum atomic E-state index is 1.19. The van der Waals surface area contributed by atoms with Crippen molar-refractivity contribution in [3.63, 3.8) is 0 Å². The van der Waals surface area contributed by atoms with Crippen LogP contribution in [0, 0.1) is 0 Å². The van der Waals surface area contributed by atoms with Gasteiger partial charge in [0.2, 0.25) is 0 Å². The van der Waals surface area contributed by atoms with Crippen LogP contribution in [0.1, 0.15) is 0 Å². The average Bonchev–Trinajstić information content (AvgIpc) is 3.23. The van der Waals surface area contributed by atoms with Crippen molar-refractivity contribution in [2.24, 2.45) is 0 Å². The van der Waals surface area contributed by atoms with Gasteiger partial charge in [-0.25, -0.2) is 0 Å². The van der Waals surface area contributed by atoms with Crippen molar-refractivity contribution in [3.8, 4) is 66.8 Å². The van der Waals surface area contributed by atoms with Gasteiger partial charge in [-0.05, 0) is 111 Å². The van der Waals surface area contributed by atoms with Crippen molar-refractivity contribution in [3.05, 3.63) is 206 Å². The molecule has 242 valence electrons. The summed E-state index contributed by atoms with van der Waals surface area (Å²) in [5.41, 5.74) is 14.6. The molecule has 0 unspecified atom stereocenters. The highest BCUT2D eigenvalue weighted by Crippen LogP contribution is 2.56. The fourth-order valence-corrected chi connectivity index (χ4v) is 8.40. The molecule has 0 heterocycles. The molecule has 0 fully saturated rings. The van der Waals surface area contributed by atoms with Gasteiger partial charge in [0.1, 0.15) is 0 Å². The molecule has 0 saturated carbocycles. The highest BCUT2D eigenvalue weighted by atomic mass is 14.3. The average molecular weight is 659 g/mol. The van der Waals surface area contributed by atoms with Gasteiger partial charge < -0.3 is 0 Å². The largest absolute Gasteiger partial charge is 0.0622 e. The highest BCUT2D eigenvalue weighted by Gasteiger charge is 2.29. The molecular formula is C52H34. The summed E-state index contributed by atoms with van der Waals surface area (Å²) >= 11 is 0. The molecule has 10 aromatic rings. The van der Waals surface area contributed by atoms with Crippen molar-refractivity contribution in [2.75, 3.05) is 0 Å². The van der Waals surface area contributed by atoms with Crippen molar-refractivity contribution in [1.29, 1.82) is 0 Å². The first-order valence-corrected chi connectivity index (χ1v) is 18.0. The first-order valence-electron chi connectivity index (χ1n) is 18.0. The zero-order valence-electron chi connectivity index (χ0n) is 28.6. The standard InChI is InChI=1S/C52H34/c1-6-17-35(18-7-1)47-48(36-19-8-2-9-20-36)50(38-23-12-4-13-24-38)52(51(39-25-14-5-15-26-39)49(47)37-21-10-3-11-22-37)44-33-42-31-29-40-27-16-28-41-30-32-43(34-44)46(42)45(40)41/h1-34H. The Bertz CT molecular complexity index is 2670. The molecule has 0 aliphatic rings. The van der Waals surface area contributed by atoms with E-state index in [4.69, 9.17) is 0 Å². The molecule has 0 aromatic heterocycles. The highest BCUT2D eigenvalue weighted by molar-refractivity contribution is 6.25. The van der Waals surface area contributed by atoms with E-state index in [-0.39, 0.29) is 0 Å². The molecule has 0 bridgehead atoms. The predicted octanol–water partition coefficient (Wildman–Crippen LogP) is 14.6. The number of hydrogen-bond acceptors (Lipinski definition) is 0. The third-order valence-corrected chi connectivity index (χ3v) is 10.6. The molecule has 0 atom stereocenters. The Hall–Kier alpha value is -6.76. The van der Waals surface area contributed by atoms with E-state index in [2.05, 4.69) is 206 Å². The van der Waals surface area contributed by atoms with E-state index >= 15 is 0 Å². The Labute approximate surface area is 304 Å². The lowest BCUT2D eigenvalue weighted by molar-refractivity contribution is 1.52. The van der Waals surface area contributed by atoms with Crippen LogP contribution >= 0.6 is 0 Å². The maximum Gasteiger partial charge on any atom is -0.00134 e. The minimum absolute atomic E-state index is 1.19. The quantitative estimate of drug-likeness (QED) is 0.156. The third kappa shape index (κ3) is 4.92. The van der Waals surface area contributed by atoms with Crippen LogP contribution in [-0.2, 0) is 0 Å². The van der Waals surface area contributed by atoms with Gasteiger partial charge in [-0.3, -0.25) is 0 Å². The van der Waals surface area contributed by atoms with Gasteiger partial charge in [-0.1, -0.05) is 194 Å². The van der Waals surface area contributed by atoms with Crippen molar-refractivity contribution in [2.45, 2.75) is 0 Å². The second kappa shape index (κ2) is 12.5. The lowest BCUT2D eigenvalue weighted by atomic mass is 9.74. The van der Waals surface area contributed by atoms with Gasteiger partial charge in [0.15, 0.2) is 0 Å². The summed E-state index contributed by atoms with van der Waals surface area (Å²) in [6.45, 7) is 0. The van der Waals surface area contributed by atoms with Gasteiger partial charge in [0, 0.05) is 0 Å². The van der Waals surface area contributed by atoms with Crippen LogP contribution in [0.4, 0.5) is 0 Å². The van der Waals surface area contributed by atoms with E-state index in [0.29, 0.717) is 0 Å². The third-order valence-electron chi connectivity index (χ3n) is 10.6. The van der Waals surface area contributed by atoms with E-state index in [1.807, 2.05) is 0 Å². The maximum atomic E-state index is 2.44. The van der Waals surface area contributed by atoms with Crippen LogP contribution in [0.2, 0.25) is 0 Å². The number of rotatable bonds is 6. The monoisotopic (exact) mass is 658 g/mol. The molecule has 52 heavy (non-hydrogen) atoms. The second-order valence-electron chi connectivity index (χ2n) is 13.6. The summed E-state index contributed by atoms with van der Waals surface area (Å²) in [6, 6.07) is 75.7. The molecule has 0 radical (unpaired) electrons. The summed E-state index contributed by atoms with van der Waals surface area (Å²) in [5, 5.41) is 7.74. The van der Waals surface area contributed by atoms with E-state index in [9.17, 15) is 0 Å². The Balaban J connectivity index is 1.48. The Morgan fingerprint density at radius 1 is 0.173 bits per heavy atom. The molecule has 0 N–H and O–H groups in total. The van der Waals surface area contributed by atoms with E-state index in [1.54, 1.807) is 0 Å². The van der Waals surface area contributed by atoms with Gasteiger partial charge in [-0.2, -0.15) is 0 Å². The normalized spacial score (nSPS) is 11.5. The summed E-state index contributed by atoms with van der Waals surface area (Å²) in [5.74, 6) is 0. The van der Waals surface area contributed by atoms with Crippen LogP contribution in [0.5, 0.6) is 0 Å². The molecule has 0 aliphatic carbocycles. The van der Waals surface area contributed by atoms with Crippen LogP contribution in [0.3, 0.4) is 0 Å². The first kappa shape index (κ1) is 30.1. The minimum Gasteiger partial charge on any atom is -0.0622 e. The number of benzene rings is 10. The summed E-state index contributed by atoms with van der Waals surface area (Å²) in [4.78, 5) is 0. The summed E-state index contributed by atoms with van der Waals surface area (Å²) in [6.07, 6.45) is 0. The SMILES string of the molecule is c1ccc(-c2c(-c3ccccc3)c(-c3ccccc3)c(-c3cc4ccc5cccc6ccc(c3)c4c56)c(-c3ccccc3)c2-c2ccccc2)cc1. The molecule has 0 amide bonds. The molecule has 0 heteroatoms. The lowest BCUT2D eigenvalue weighted by Crippen LogP contribution is -2.02. The molecule has 0 nitrogen and oxygen atoms in total. The van der Waals surface area contributed by atoms with Gasteiger partial charge in [-0.15, -0.1) is 0 Å². The van der Waals surface area contributed by atoms with Crippen molar-refractivity contribution >= 4 is 32.3 Å². The first-order chi connectivity index (χ1) is 25.8. The van der Waals surface area contributed by atoms with Crippen LogP contribution in [-0.4, -0.2) is 0 Å². The molecule has 10 rings (SSSR count). The van der Waals surface area contributed by atoms with Crippen LogP contribution < -0.4 is 0 Å². The van der Waals surface area contributed by atoms with Gasteiger partial charge in [0.05, 0.1) is 0 Å². The van der Waals surface area contributed by atoms with E-state index in [1.165, 1.54) is 99.1 Å². The molecule has 0 saturated heterocycles. The Morgan fingerprint density at radius 2 is 0.423 bits per heavy atom. The Kier molecular flexibility index (Phi) is 7.25. The summed E-state index contributed by atoms with van der Waals surface area (Å²) < 4.78 is 0. The second-order valence-corrected chi connectivity index (χ2v) is 13.6. The molecular weight excluding hydrogens is 625 g/mol. The van der Waals surface area contributed by atoms with E-state index in [0.717, 1.165) is 0 Å². The van der Waals surface area contributed by atoms with E-state index < -0.39 is 0 Å². The van der Waals surface area contributed by atoms with Crippen molar-refractivity contribution in [1.82, 2.24) is 0 Å². The Morgan fingerprint density at radius 3 is 0.731 bits per heavy atom. The topological polar surface area (TPSA) is 0 Å².